The van der Waals surface area contributed by atoms with Crippen LogP contribution in [-0.4, -0.2) is 24.4 Å². The molecule has 0 aliphatic carbocycles. The molecule has 1 fully saturated rings. The second-order valence-electron chi connectivity index (χ2n) is 6.06. The Kier molecular flexibility index (Phi) is 8.06. The minimum Gasteiger partial charge on any atom is -0.351 e. The van der Waals surface area contributed by atoms with E-state index in [0.717, 1.165) is 37.1 Å². The molecule has 5 nitrogen and oxygen atoms in total. The van der Waals surface area contributed by atoms with Gasteiger partial charge in [-0.2, -0.15) is 0 Å². The summed E-state index contributed by atoms with van der Waals surface area (Å²) in [4.78, 5) is 23.6. The third kappa shape index (κ3) is 6.20. The van der Waals surface area contributed by atoms with Gasteiger partial charge in [-0.25, -0.2) is 0 Å². The topological polar surface area (TPSA) is 70.2 Å². The van der Waals surface area contributed by atoms with E-state index in [9.17, 15) is 9.59 Å². The van der Waals surface area contributed by atoms with Crippen LogP contribution in [-0.2, 0) is 16.1 Å². The van der Waals surface area contributed by atoms with Crippen molar-refractivity contribution in [3.8, 4) is 0 Å². The molecule has 6 heteroatoms. The van der Waals surface area contributed by atoms with E-state index in [1.807, 2.05) is 38.1 Å². The van der Waals surface area contributed by atoms with Crippen molar-refractivity contribution < 1.29 is 9.59 Å². The van der Waals surface area contributed by atoms with E-state index in [2.05, 4.69) is 16.0 Å². The zero-order valence-electron chi connectivity index (χ0n) is 13.7. The first-order valence-corrected chi connectivity index (χ1v) is 7.97. The lowest BCUT2D eigenvalue weighted by Crippen LogP contribution is -2.46. The maximum absolute atomic E-state index is 12.0. The number of nitrogens with one attached hydrogen (secondary N) is 3. The maximum Gasteiger partial charge on any atom is 0.237 e. The van der Waals surface area contributed by atoms with Gasteiger partial charge in [-0.3, -0.25) is 9.59 Å². The van der Waals surface area contributed by atoms with E-state index in [1.165, 1.54) is 0 Å². The van der Waals surface area contributed by atoms with Gasteiger partial charge in [0.2, 0.25) is 11.8 Å². The lowest BCUT2D eigenvalue weighted by atomic mass is 10.0. The maximum atomic E-state index is 12.0. The summed E-state index contributed by atoms with van der Waals surface area (Å²) in [6.07, 6.45) is 3.16. The Bertz CT molecular complexity index is 511. The van der Waals surface area contributed by atoms with Crippen LogP contribution in [0.4, 0.5) is 5.69 Å². The molecule has 1 aliphatic rings. The third-order valence-electron chi connectivity index (χ3n) is 3.84. The number of carbonyl (C=O) groups excluding carboxylic acids is 2. The predicted molar refractivity (Wildman–Crippen MR) is 94.6 cm³/mol. The van der Waals surface area contributed by atoms with Gasteiger partial charge in [0.05, 0.1) is 6.04 Å². The summed E-state index contributed by atoms with van der Waals surface area (Å²) >= 11 is 0. The largest absolute Gasteiger partial charge is 0.351 e. The van der Waals surface area contributed by atoms with Crippen LogP contribution < -0.4 is 16.0 Å². The normalized spacial score (nSPS) is 17.3. The molecule has 1 heterocycles. The zero-order chi connectivity index (χ0) is 15.9. The number of benzene rings is 1. The molecule has 2 amide bonds. The highest BCUT2D eigenvalue weighted by Crippen LogP contribution is 2.11. The molecule has 1 aromatic carbocycles. The molecule has 1 aromatic rings. The Morgan fingerprint density at radius 3 is 2.48 bits per heavy atom. The SMILES string of the molecule is CC(C)C(=O)Nc1ccc(CNC(=O)C2CCCCN2)cc1.Cl. The Morgan fingerprint density at radius 2 is 1.91 bits per heavy atom. The van der Waals surface area contributed by atoms with E-state index in [-0.39, 0.29) is 36.2 Å². The quantitative estimate of drug-likeness (QED) is 0.771. The summed E-state index contributed by atoms with van der Waals surface area (Å²) in [5, 5.41) is 9.04. The Labute approximate surface area is 144 Å². The highest BCUT2D eigenvalue weighted by Gasteiger charge is 2.19. The van der Waals surface area contributed by atoms with Crippen molar-refractivity contribution in [1.82, 2.24) is 10.6 Å². The highest BCUT2D eigenvalue weighted by molar-refractivity contribution is 5.92. The summed E-state index contributed by atoms with van der Waals surface area (Å²) in [7, 11) is 0. The Balaban J connectivity index is 0.00000264. The molecular formula is C17H26ClN3O2. The van der Waals surface area contributed by atoms with Gasteiger partial charge in [0.25, 0.3) is 0 Å². The average molecular weight is 340 g/mol. The molecular weight excluding hydrogens is 314 g/mol. The molecule has 0 bridgehead atoms. The first-order chi connectivity index (χ1) is 10.6. The minimum atomic E-state index is -0.0571. The molecule has 2 rings (SSSR count). The standard InChI is InChI=1S/C17H25N3O2.ClH/c1-12(2)16(21)20-14-8-6-13(7-9-14)11-19-17(22)15-5-3-4-10-18-15;/h6-9,12,15,18H,3-5,10-11H2,1-2H3,(H,19,22)(H,20,21);1H. The van der Waals surface area contributed by atoms with Crippen LogP contribution in [0.1, 0.15) is 38.7 Å². The molecule has 1 aliphatic heterocycles. The fourth-order valence-electron chi connectivity index (χ4n) is 2.38. The van der Waals surface area contributed by atoms with Gasteiger partial charge in [-0.05, 0) is 37.1 Å². The Hall–Kier alpha value is -1.59. The Morgan fingerprint density at radius 1 is 1.22 bits per heavy atom. The van der Waals surface area contributed by atoms with E-state index >= 15 is 0 Å². The van der Waals surface area contributed by atoms with Gasteiger partial charge < -0.3 is 16.0 Å². The van der Waals surface area contributed by atoms with Crippen LogP contribution in [0.25, 0.3) is 0 Å². The number of anilines is 1. The van der Waals surface area contributed by atoms with Gasteiger partial charge in [0.15, 0.2) is 0 Å². The summed E-state index contributed by atoms with van der Waals surface area (Å²) in [5.41, 5.74) is 1.80. The molecule has 3 N–H and O–H groups in total. The number of halogens is 1. The summed E-state index contributed by atoms with van der Waals surface area (Å²) in [6, 6.07) is 7.51. The number of hydrogen-bond donors (Lipinski definition) is 3. The van der Waals surface area contributed by atoms with E-state index in [0.29, 0.717) is 6.54 Å². The predicted octanol–water partition coefficient (Wildman–Crippen LogP) is 2.46. The van der Waals surface area contributed by atoms with Crippen LogP contribution in [0.2, 0.25) is 0 Å². The molecule has 1 saturated heterocycles. The molecule has 0 radical (unpaired) electrons. The molecule has 128 valence electrons. The average Bonchev–Trinajstić information content (AvgIpc) is 2.54. The van der Waals surface area contributed by atoms with Gasteiger partial charge in [0, 0.05) is 18.2 Å². The lowest BCUT2D eigenvalue weighted by molar-refractivity contribution is -0.123. The van der Waals surface area contributed by atoms with Gasteiger partial charge in [-0.15, -0.1) is 12.4 Å². The van der Waals surface area contributed by atoms with Crippen molar-refractivity contribution in [2.75, 3.05) is 11.9 Å². The monoisotopic (exact) mass is 339 g/mol. The number of carbonyl (C=O) groups is 2. The van der Waals surface area contributed by atoms with Crippen LogP contribution in [0, 0.1) is 5.92 Å². The molecule has 0 saturated carbocycles. The molecule has 1 unspecified atom stereocenters. The summed E-state index contributed by atoms with van der Waals surface area (Å²) in [6.45, 7) is 5.15. The van der Waals surface area contributed by atoms with Crippen molar-refractivity contribution >= 4 is 29.9 Å². The van der Waals surface area contributed by atoms with Gasteiger partial charge >= 0.3 is 0 Å². The fourth-order valence-corrected chi connectivity index (χ4v) is 2.38. The highest BCUT2D eigenvalue weighted by atomic mass is 35.5. The second-order valence-corrected chi connectivity index (χ2v) is 6.06. The van der Waals surface area contributed by atoms with Crippen molar-refractivity contribution in [2.45, 2.75) is 45.7 Å². The minimum absolute atomic E-state index is 0. The molecule has 1 atom stereocenters. The smallest absolute Gasteiger partial charge is 0.237 e. The van der Waals surface area contributed by atoms with E-state index < -0.39 is 0 Å². The van der Waals surface area contributed by atoms with Crippen molar-refractivity contribution in [1.29, 1.82) is 0 Å². The van der Waals surface area contributed by atoms with Crippen LogP contribution >= 0.6 is 12.4 Å². The first-order valence-electron chi connectivity index (χ1n) is 7.97. The zero-order valence-corrected chi connectivity index (χ0v) is 14.5. The van der Waals surface area contributed by atoms with Crippen molar-refractivity contribution in [3.63, 3.8) is 0 Å². The molecule has 23 heavy (non-hydrogen) atoms. The number of piperidine rings is 1. The van der Waals surface area contributed by atoms with Crippen LogP contribution in [0.3, 0.4) is 0 Å². The first kappa shape index (κ1) is 19.5. The van der Waals surface area contributed by atoms with Crippen LogP contribution in [0.5, 0.6) is 0 Å². The number of hydrogen-bond acceptors (Lipinski definition) is 3. The lowest BCUT2D eigenvalue weighted by Gasteiger charge is -2.22. The van der Waals surface area contributed by atoms with E-state index in [1.54, 1.807) is 0 Å². The number of rotatable bonds is 5. The summed E-state index contributed by atoms with van der Waals surface area (Å²) < 4.78 is 0. The molecule has 0 aromatic heterocycles. The van der Waals surface area contributed by atoms with Crippen molar-refractivity contribution in [2.24, 2.45) is 5.92 Å². The summed E-state index contributed by atoms with van der Waals surface area (Å²) in [5.74, 6) is 0.0308. The third-order valence-corrected chi connectivity index (χ3v) is 3.84. The van der Waals surface area contributed by atoms with Crippen LogP contribution in [0.15, 0.2) is 24.3 Å². The second kappa shape index (κ2) is 9.53. The van der Waals surface area contributed by atoms with Crippen molar-refractivity contribution in [3.05, 3.63) is 29.8 Å². The van der Waals surface area contributed by atoms with Gasteiger partial charge in [-0.1, -0.05) is 32.4 Å². The molecule has 0 spiro atoms. The van der Waals surface area contributed by atoms with E-state index in [4.69, 9.17) is 0 Å². The fraction of sp³-hybridized carbons (Fsp3) is 0.529. The number of amides is 2. The van der Waals surface area contributed by atoms with Gasteiger partial charge in [0.1, 0.15) is 0 Å².